The Labute approximate surface area is 256 Å². The van der Waals surface area contributed by atoms with Crippen molar-refractivity contribution in [3.05, 3.63) is 54.6 Å². The van der Waals surface area contributed by atoms with E-state index in [1.165, 1.54) is 0 Å². The number of aryl methyl sites for hydroxylation is 2. The van der Waals surface area contributed by atoms with E-state index in [1.54, 1.807) is 33.7 Å². The Morgan fingerprint density at radius 2 is 1.86 bits per heavy atom. The molecule has 8 heteroatoms. The van der Waals surface area contributed by atoms with Crippen molar-refractivity contribution in [1.29, 1.82) is 0 Å². The minimum absolute atomic E-state index is 0.0256. The summed E-state index contributed by atoms with van der Waals surface area (Å²) >= 11 is 1.68. The Hall–Kier alpha value is -2.58. The van der Waals surface area contributed by atoms with E-state index in [4.69, 9.17) is 0 Å². The van der Waals surface area contributed by atoms with Crippen molar-refractivity contribution in [2.75, 3.05) is 31.1 Å². The van der Waals surface area contributed by atoms with Gasteiger partial charge in [-0.15, -0.1) is 24.9 Å². The van der Waals surface area contributed by atoms with E-state index in [9.17, 15) is 14.7 Å². The Morgan fingerprint density at radius 3 is 2.45 bits per heavy atom. The fourth-order valence-corrected chi connectivity index (χ4v) is 10.0. The molecule has 42 heavy (non-hydrogen) atoms. The normalized spacial score (nSPS) is 29.3. The second-order valence-corrected chi connectivity index (χ2v) is 14.6. The third-order valence-corrected chi connectivity index (χ3v) is 11.9. The van der Waals surface area contributed by atoms with Crippen LogP contribution in [0.1, 0.15) is 64.5 Å². The van der Waals surface area contributed by atoms with Crippen LogP contribution in [0.25, 0.3) is 0 Å². The lowest BCUT2D eigenvalue weighted by Gasteiger charge is -2.41. The number of nitrogens with zero attached hydrogens (tertiary/aromatic N) is 3. The van der Waals surface area contributed by atoms with Crippen LogP contribution in [0.2, 0.25) is 0 Å². The molecule has 0 aliphatic carbocycles. The van der Waals surface area contributed by atoms with Gasteiger partial charge >= 0.3 is 0 Å². The minimum atomic E-state index is -0.801. The number of hydrogen-bond acceptors (Lipinski definition) is 5. The molecule has 1 spiro atoms. The summed E-state index contributed by atoms with van der Waals surface area (Å²) in [5.74, 6) is -1.56. The molecule has 1 aromatic carbocycles. The van der Waals surface area contributed by atoms with Crippen LogP contribution in [0.4, 0.5) is 5.69 Å². The highest BCUT2D eigenvalue weighted by atomic mass is 32.2. The maximum Gasteiger partial charge on any atom is 0.251 e. The van der Waals surface area contributed by atoms with Crippen LogP contribution in [0.15, 0.2) is 43.5 Å². The van der Waals surface area contributed by atoms with Gasteiger partial charge in [-0.3, -0.25) is 14.4 Å². The fourth-order valence-electron chi connectivity index (χ4n) is 7.70. The topological polar surface area (TPSA) is 81.2 Å². The van der Waals surface area contributed by atoms with Crippen molar-refractivity contribution in [2.45, 2.75) is 88.8 Å². The molecule has 3 aliphatic heterocycles. The molecule has 7 nitrogen and oxygen atoms in total. The lowest BCUT2D eigenvalue weighted by atomic mass is 9.66. The summed E-state index contributed by atoms with van der Waals surface area (Å²) in [5, 5.41) is 10.7. The van der Waals surface area contributed by atoms with Gasteiger partial charge in [-0.05, 0) is 63.1 Å². The van der Waals surface area contributed by atoms with Crippen LogP contribution < -0.4 is 4.90 Å². The minimum Gasteiger partial charge on any atom is -0.394 e. The van der Waals surface area contributed by atoms with E-state index < -0.39 is 33.4 Å². The number of hydrogen-bond donors (Lipinski definition) is 1. The fraction of sp³-hybridized carbons (Fsp3) is 0.618. The highest BCUT2D eigenvalue weighted by molar-refractivity contribution is 8.02. The number of amides is 3. The number of anilines is 1. The maximum absolute atomic E-state index is 15.0. The summed E-state index contributed by atoms with van der Waals surface area (Å²) in [5.41, 5.74) is 2.80. The molecule has 2 unspecified atom stereocenters. The number of thioether (sulfide) groups is 1. The number of aliphatic hydroxyl groups excluding tert-OH is 1. The second kappa shape index (κ2) is 12.6. The van der Waals surface area contributed by atoms with Gasteiger partial charge in [-0.25, -0.2) is 0 Å². The molecule has 3 heterocycles. The zero-order chi connectivity index (χ0) is 31.0. The number of carbonyl (C=O) groups is 3. The van der Waals surface area contributed by atoms with E-state index in [0.29, 0.717) is 26.1 Å². The van der Waals surface area contributed by atoms with E-state index in [1.807, 2.05) is 57.7 Å². The smallest absolute Gasteiger partial charge is 0.251 e. The highest BCUT2D eigenvalue weighted by Gasteiger charge is 2.78. The van der Waals surface area contributed by atoms with E-state index in [2.05, 4.69) is 20.1 Å². The predicted molar refractivity (Wildman–Crippen MR) is 171 cm³/mol. The number of fused-ring (bicyclic) bond motifs is 1. The van der Waals surface area contributed by atoms with Crippen LogP contribution in [0.5, 0.6) is 0 Å². The van der Waals surface area contributed by atoms with Gasteiger partial charge in [0.05, 0.1) is 29.2 Å². The van der Waals surface area contributed by atoms with Crippen LogP contribution in [0.3, 0.4) is 0 Å². The average Bonchev–Trinajstić information content (AvgIpc) is 3.53. The molecule has 3 fully saturated rings. The molecule has 0 saturated carbocycles. The molecular weight excluding hydrogens is 546 g/mol. The van der Waals surface area contributed by atoms with Crippen LogP contribution in [0, 0.1) is 31.6 Å². The highest BCUT2D eigenvalue weighted by Crippen LogP contribution is 2.72. The molecule has 7 atom stereocenters. The Morgan fingerprint density at radius 1 is 1.17 bits per heavy atom. The van der Waals surface area contributed by atoms with Crippen molar-refractivity contribution in [3.63, 3.8) is 0 Å². The first-order chi connectivity index (χ1) is 20.0. The third kappa shape index (κ3) is 5.12. The van der Waals surface area contributed by atoms with E-state index >= 15 is 4.79 Å². The van der Waals surface area contributed by atoms with Crippen molar-refractivity contribution in [2.24, 2.45) is 17.8 Å². The molecule has 0 aromatic heterocycles. The molecule has 230 valence electrons. The van der Waals surface area contributed by atoms with Crippen LogP contribution in [-0.2, 0) is 14.4 Å². The molecule has 1 aromatic rings. The first-order valence-electron chi connectivity index (χ1n) is 15.5. The summed E-state index contributed by atoms with van der Waals surface area (Å²) in [7, 11) is 0. The van der Waals surface area contributed by atoms with E-state index in [-0.39, 0.29) is 30.2 Å². The summed E-state index contributed by atoms with van der Waals surface area (Å²) in [6.45, 7) is 21.1. The first kappa shape index (κ1) is 32.3. The van der Waals surface area contributed by atoms with Crippen LogP contribution >= 0.6 is 11.8 Å². The van der Waals surface area contributed by atoms with Gasteiger partial charge in [0.15, 0.2) is 0 Å². The first-order valence-corrected chi connectivity index (χ1v) is 16.3. The Balaban J connectivity index is 1.89. The van der Waals surface area contributed by atoms with Crippen molar-refractivity contribution >= 4 is 35.2 Å². The summed E-state index contributed by atoms with van der Waals surface area (Å²) in [6, 6.07) is 4.72. The lowest BCUT2D eigenvalue weighted by molar-refractivity contribution is -0.147. The number of benzene rings is 1. The molecule has 3 amide bonds. The second-order valence-electron chi connectivity index (χ2n) is 12.7. The van der Waals surface area contributed by atoms with Gasteiger partial charge in [0.2, 0.25) is 11.8 Å². The lowest BCUT2D eigenvalue weighted by Crippen LogP contribution is -2.59. The molecule has 0 radical (unpaired) electrons. The molecule has 4 rings (SSSR count). The van der Waals surface area contributed by atoms with Crippen molar-refractivity contribution in [3.8, 4) is 0 Å². The molecule has 2 bridgehead atoms. The maximum atomic E-state index is 15.0. The van der Waals surface area contributed by atoms with Gasteiger partial charge in [0, 0.05) is 30.1 Å². The van der Waals surface area contributed by atoms with Gasteiger partial charge < -0.3 is 19.8 Å². The molecular formula is C34H49N3O4S. The van der Waals surface area contributed by atoms with Crippen LogP contribution in [-0.4, -0.2) is 80.4 Å². The van der Waals surface area contributed by atoms with Gasteiger partial charge in [0.1, 0.15) is 6.04 Å². The molecule has 1 N–H and O–H groups in total. The SMILES string of the molecule is C=CCN(CCC)C(=O)[C@@H]1[C@H]2C(=O)N([C@@H](CO)[C@@H](C)CC)C(C(=O)N(CC=C)c3cc(C)ccc3C)C23CC[C@@]1(C)S3. The number of rotatable bonds is 13. The predicted octanol–water partition coefficient (Wildman–Crippen LogP) is 5.14. The number of aliphatic hydroxyl groups is 1. The zero-order valence-corrected chi connectivity index (χ0v) is 27.1. The Bertz CT molecular complexity index is 1240. The average molecular weight is 596 g/mol. The van der Waals surface area contributed by atoms with Gasteiger partial charge in [0.25, 0.3) is 5.91 Å². The molecule has 3 saturated heterocycles. The zero-order valence-electron chi connectivity index (χ0n) is 26.3. The monoisotopic (exact) mass is 595 g/mol. The number of likely N-dealkylation sites (tertiary alicyclic amines) is 1. The van der Waals surface area contributed by atoms with Crippen molar-refractivity contribution in [1.82, 2.24) is 9.80 Å². The summed E-state index contributed by atoms with van der Waals surface area (Å²) in [4.78, 5) is 49.4. The number of carbonyl (C=O) groups excluding carboxylic acids is 3. The van der Waals surface area contributed by atoms with Crippen molar-refractivity contribution < 1.29 is 19.5 Å². The largest absolute Gasteiger partial charge is 0.394 e. The summed E-state index contributed by atoms with van der Waals surface area (Å²) < 4.78 is -1.21. The molecule has 3 aliphatic rings. The summed E-state index contributed by atoms with van der Waals surface area (Å²) in [6.07, 6.45) is 6.44. The Kier molecular flexibility index (Phi) is 9.68. The van der Waals surface area contributed by atoms with Gasteiger partial charge in [-0.1, -0.05) is 51.5 Å². The van der Waals surface area contributed by atoms with Gasteiger partial charge in [-0.2, -0.15) is 0 Å². The standard InChI is InChI=1S/C34H49N3O4S/c1-9-17-35(18-10-2)30(39)27-28-31(40)37(26(21-38)23(6)12-4)29(34(28)16-15-33(27,8)42-34)32(41)36(19-11-3)25-20-22(5)13-14-24(25)7/h9,11,13-14,20,23,26-29,38H,1,3,10,12,15-19,21H2,2,4-8H3/t23-,26-,27-,28-,29?,33+,34?/m0/s1. The third-order valence-electron chi connectivity index (χ3n) is 9.95. The quantitative estimate of drug-likeness (QED) is 0.320. The van der Waals surface area contributed by atoms with E-state index in [0.717, 1.165) is 36.1 Å².